The molecule has 5 heavy (non-hydrogen) atoms. The third kappa shape index (κ3) is 3.92. The molecule has 0 unspecified atom stereocenters. The van der Waals surface area contributed by atoms with E-state index in [2.05, 4.69) is 0 Å². The van der Waals surface area contributed by atoms with Crippen LogP contribution in [0.1, 0.15) is 11.0 Å². The van der Waals surface area contributed by atoms with Crippen molar-refractivity contribution in [3.05, 3.63) is 0 Å². The summed E-state index contributed by atoms with van der Waals surface area (Å²) in [6, 6.07) is -1.09. The monoisotopic (exact) mass is 78.1 g/mol. The Bertz CT molecular complexity index is 71.4. The molecule has 0 aromatic carbocycles. The van der Waals surface area contributed by atoms with Crippen molar-refractivity contribution < 1.29 is 9.22 Å². The van der Waals surface area contributed by atoms with E-state index in [1.165, 1.54) is 0 Å². The van der Waals surface area contributed by atoms with Crippen LogP contribution in [0.3, 0.4) is 0 Å². The summed E-state index contributed by atoms with van der Waals surface area (Å²) in [5.41, 5.74) is 4.94. The van der Waals surface area contributed by atoms with E-state index in [-0.39, 0.29) is 0 Å². The molecule has 0 saturated heterocycles. The first-order valence-corrected chi connectivity index (χ1v) is 1.35. The van der Waals surface area contributed by atoms with Crippen molar-refractivity contribution in [2.75, 3.05) is 6.61 Å². The first-order valence-electron chi connectivity index (χ1n) is 2.85. The minimum atomic E-state index is -2.21. The molecule has 0 aromatic rings. The van der Waals surface area contributed by atoms with Gasteiger partial charge in [-0.15, -0.1) is 0 Å². The Kier molecular flexibility index (Phi) is 0.687. The van der Waals surface area contributed by atoms with Gasteiger partial charge in [0.05, 0.1) is 6.61 Å². The summed E-state index contributed by atoms with van der Waals surface area (Å²) in [6.07, 6.45) is 0. The molecule has 1 atom stereocenters. The highest BCUT2D eigenvalue weighted by Gasteiger charge is 1.81. The highest BCUT2D eigenvalue weighted by atomic mass is 16.3. The third-order valence-electron chi connectivity index (χ3n) is 0.197. The van der Waals surface area contributed by atoms with Crippen LogP contribution in [0.15, 0.2) is 0 Å². The molecule has 2 nitrogen and oxygen atoms in total. The van der Waals surface area contributed by atoms with Crippen molar-refractivity contribution in [2.45, 2.75) is 12.9 Å². The smallest absolute Gasteiger partial charge is 0.0579 e. The van der Waals surface area contributed by atoms with E-state index in [0.717, 1.165) is 0 Å². The lowest BCUT2D eigenvalue weighted by molar-refractivity contribution is 0.273. The summed E-state index contributed by atoms with van der Waals surface area (Å²) in [4.78, 5) is 0. The molecule has 0 heterocycles. The number of hydrogen-bond donors (Lipinski definition) is 2. The summed E-state index contributed by atoms with van der Waals surface area (Å²) in [7, 11) is 0. The van der Waals surface area contributed by atoms with Crippen molar-refractivity contribution >= 4 is 0 Å². The molecule has 3 N–H and O–H groups in total. The van der Waals surface area contributed by atoms with Gasteiger partial charge in [0.25, 0.3) is 0 Å². The van der Waals surface area contributed by atoms with Crippen LogP contribution in [0.2, 0.25) is 0 Å². The van der Waals surface area contributed by atoms with E-state index in [0.29, 0.717) is 0 Å². The van der Waals surface area contributed by atoms with Crippen LogP contribution >= 0.6 is 0 Å². The number of aliphatic hydroxyl groups is 1. The van der Waals surface area contributed by atoms with Crippen molar-refractivity contribution in [3.63, 3.8) is 0 Å². The topological polar surface area (TPSA) is 46.2 Å². The molecule has 0 aliphatic rings. The minimum Gasteiger partial charge on any atom is -0.395 e. The molecule has 0 aliphatic carbocycles. The van der Waals surface area contributed by atoms with Crippen LogP contribution < -0.4 is 5.73 Å². The van der Waals surface area contributed by atoms with Crippen LogP contribution in [0, 0.1) is 0 Å². The lowest BCUT2D eigenvalue weighted by Crippen LogP contribution is -2.18. The fourth-order valence-corrected chi connectivity index (χ4v) is 0. The molecule has 32 valence electrons. The quantitative estimate of drug-likeness (QED) is 0.437. The second kappa shape index (κ2) is 2.18. The molecule has 0 aromatic heterocycles. The van der Waals surface area contributed by atoms with Crippen LogP contribution in [0.25, 0.3) is 0 Å². The van der Waals surface area contributed by atoms with Crippen LogP contribution in [-0.4, -0.2) is 17.8 Å². The predicted molar refractivity (Wildman–Crippen MR) is 20.7 cm³/mol. The number of rotatable bonds is 1. The molecule has 0 radical (unpaired) electrons. The minimum absolute atomic E-state index is 0.490. The van der Waals surface area contributed by atoms with Gasteiger partial charge in [-0.3, -0.25) is 0 Å². The molecular formula is C3H9NO. The lowest BCUT2D eigenvalue weighted by Gasteiger charge is -1.91. The Balaban J connectivity index is 3.62. The van der Waals surface area contributed by atoms with E-state index < -0.39 is 19.5 Å². The molecule has 0 amide bonds. The Morgan fingerprint density at radius 1 is 2.40 bits per heavy atom. The molecule has 0 aliphatic heterocycles. The average molecular weight is 78.1 g/mol. The van der Waals surface area contributed by atoms with Gasteiger partial charge >= 0.3 is 0 Å². The van der Waals surface area contributed by atoms with Gasteiger partial charge in [0.15, 0.2) is 0 Å². The van der Waals surface area contributed by atoms with Gasteiger partial charge in [-0.2, -0.15) is 0 Å². The second-order valence-electron chi connectivity index (χ2n) is 0.789. The van der Waals surface area contributed by atoms with E-state index in [1.807, 2.05) is 0 Å². The second-order valence-corrected chi connectivity index (χ2v) is 0.789. The van der Waals surface area contributed by atoms with E-state index in [9.17, 15) is 0 Å². The predicted octanol–water partition coefficient (Wildman–Crippen LogP) is -0.674. The van der Waals surface area contributed by atoms with Gasteiger partial charge < -0.3 is 10.8 Å². The van der Waals surface area contributed by atoms with Crippen LogP contribution in [-0.2, 0) is 0 Å². The Morgan fingerprint density at radius 2 is 3.00 bits per heavy atom. The standard InChI is InChI=1S/C3H9NO/c1-3(4)2-5/h3,5H,2,4H2,1H3/t3-/m0/s1/i1D3. The van der Waals surface area contributed by atoms with Crippen LogP contribution in [0.4, 0.5) is 0 Å². The molecule has 0 fully saturated rings. The van der Waals surface area contributed by atoms with Crippen molar-refractivity contribution in [1.29, 1.82) is 0 Å². The Morgan fingerprint density at radius 3 is 3.00 bits per heavy atom. The van der Waals surface area contributed by atoms with Crippen molar-refractivity contribution in [1.82, 2.24) is 0 Å². The fraction of sp³-hybridized carbons (Fsp3) is 1.00. The molecule has 0 spiro atoms. The highest BCUT2D eigenvalue weighted by molar-refractivity contribution is 4.43. The normalized spacial score (nSPS) is 26.4. The SMILES string of the molecule is [2H]C([2H])([2H])[C@H](N)CO. The third-order valence-corrected chi connectivity index (χ3v) is 0.197. The van der Waals surface area contributed by atoms with Gasteiger partial charge in [-0.05, 0) is 6.85 Å². The van der Waals surface area contributed by atoms with Crippen molar-refractivity contribution in [2.24, 2.45) is 5.73 Å². The maximum absolute atomic E-state index is 8.19. The van der Waals surface area contributed by atoms with Gasteiger partial charge in [-0.1, -0.05) is 0 Å². The van der Waals surface area contributed by atoms with Gasteiger partial charge in [0, 0.05) is 10.2 Å². The molecule has 2 heteroatoms. The first kappa shape index (κ1) is 1.58. The summed E-state index contributed by atoms with van der Waals surface area (Å²) < 4.78 is 19.8. The zero-order valence-corrected chi connectivity index (χ0v) is 2.81. The van der Waals surface area contributed by atoms with E-state index >= 15 is 0 Å². The molecular weight excluding hydrogens is 66.0 g/mol. The maximum atomic E-state index is 8.19. The molecule has 0 rings (SSSR count). The number of nitrogens with two attached hydrogens (primary N) is 1. The zero-order valence-electron chi connectivity index (χ0n) is 5.81. The molecule has 0 saturated carbocycles. The van der Waals surface area contributed by atoms with Gasteiger partial charge in [-0.25, -0.2) is 0 Å². The zero-order chi connectivity index (χ0) is 6.78. The largest absolute Gasteiger partial charge is 0.395 e. The summed E-state index contributed by atoms with van der Waals surface area (Å²) >= 11 is 0. The van der Waals surface area contributed by atoms with Gasteiger partial charge in [0.1, 0.15) is 0 Å². The summed E-state index contributed by atoms with van der Waals surface area (Å²) in [5.74, 6) is 0. The summed E-state index contributed by atoms with van der Waals surface area (Å²) in [5, 5.41) is 8.19. The number of hydrogen-bond acceptors (Lipinski definition) is 2. The average Bonchev–Trinajstić information content (AvgIpc) is 1.62. The van der Waals surface area contributed by atoms with E-state index in [1.54, 1.807) is 0 Å². The fourth-order valence-electron chi connectivity index (χ4n) is 0. The lowest BCUT2D eigenvalue weighted by atomic mass is 10.4. The Hall–Kier alpha value is -0.0800. The first-order chi connectivity index (χ1) is 3.48. The maximum Gasteiger partial charge on any atom is 0.0579 e. The van der Waals surface area contributed by atoms with Crippen molar-refractivity contribution in [3.8, 4) is 0 Å². The molecule has 0 bridgehead atoms. The van der Waals surface area contributed by atoms with E-state index in [4.69, 9.17) is 15.0 Å². The van der Waals surface area contributed by atoms with Gasteiger partial charge in [0.2, 0.25) is 0 Å². The highest BCUT2D eigenvalue weighted by Crippen LogP contribution is 1.62. The van der Waals surface area contributed by atoms with Crippen LogP contribution in [0.5, 0.6) is 0 Å². The summed E-state index contributed by atoms with van der Waals surface area (Å²) in [6.45, 7) is -2.70. The Labute approximate surface area is 35.8 Å². The number of aliphatic hydroxyl groups excluding tert-OH is 1.